The van der Waals surface area contributed by atoms with Gasteiger partial charge in [-0.25, -0.2) is 9.78 Å². The molecule has 0 bridgehead atoms. The molecule has 0 fully saturated rings. The van der Waals surface area contributed by atoms with Crippen LogP contribution >= 0.6 is 11.3 Å². The lowest BCUT2D eigenvalue weighted by Gasteiger charge is -2.20. The Balaban J connectivity index is 1.81. The van der Waals surface area contributed by atoms with E-state index < -0.39 is 17.5 Å². The van der Waals surface area contributed by atoms with E-state index >= 15 is 0 Å². The van der Waals surface area contributed by atoms with Gasteiger partial charge in [-0.2, -0.15) is 0 Å². The highest BCUT2D eigenvalue weighted by molar-refractivity contribution is 7.18. The molecule has 1 atom stereocenters. The van der Waals surface area contributed by atoms with E-state index in [1.165, 1.54) is 15.8 Å². The minimum atomic E-state index is -0.577. The van der Waals surface area contributed by atoms with Gasteiger partial charge in [-0.1, -0.05) is 6.92 Å². The molecule has 2 N–H and O–H groups in total. The third-order valence-electron chi connectivity index (χ3n) is 4.34. The first-order valence-corrected chi connectivity index (χ1v) is 9.57. The number of rotatable bonds is 2. The van der Waals surface area contributed by atoms with Crippen LogP contribution in [0.15, 0.2) is 11.1 Å². The van der Waals surface area contributed by atoms with E-state index in [9.17, 15) is 14.4 Å². The van der Waals surface area contributed by atoms with Gasteiger partial charge in [0.2, 0.25) is 5.91 Å². The van der Waals surface area contributed by atoms with Crippen LogP contribution in [-0.2, 0) is 24.2 Å². The number of thiophene rings is 1. The summed E-state index contributed by atoms with van der Waals surface area (Å²) in [6.07, 6.45) is 4.29. The van der Waals surface area contributed by atoms with Crippen molar-refractivity contribution in [3.63, 3.8) is 0 Å². The van der Waals surface area contributed by atoms with Gasteiger partial charge in [0.1, 0.15) is 11.4 Å². The van der Waals surface area contributed by atoms with Gasteiger partial charge < -0.3 is 5.32 Å². The van der Waals surface area contributed by atoms with Gasteiger partial charge in [0.25, 0.3) is 5.56 Å². The molecule has 7 nitrogen and oxygen atoms in total. The molecule has 3 rings (SSSR count). The summed E-state index contributed by atoms with van der Waals surface area (Å²) < 4.78 is 1.27. The summed E-state index contributed by atoms with van der Waals surface area (Å²) >= 11 is 1.57. The average Bonchev–Trinajstić information content (AvgIpc) is 2.86. The number of nitrogens with one attached hydrogen (secondary N) is 2. The number of hydrogen-bond donors (Lipinski definition) is 2. The lowest BCUT2D eigenvalue weighted by atomic mass is 9.89. The van der Waals surface area contributed by atoms with Crippen molar-refractivity contribution in [2.75, 3.05) is 0 Å². The van der Waals surface area contributed by atoms with Crippen LogP contribution in [0.5, 0.6) is 0 Å². The Morgan fingerprint density at radius 2 is 2.12 bits per heavy atom. The zero-order valence-electron chi connectivity index (χ0n) is 15.5. The number of carbonyl (C=O) groups is 2. The summed E-state index contributed by atoms with van der Waals surface area (Å²) in [6.45, 7) is 7.44. The molecule has 0 spiro atoms. The first-order valence-electron chi connectivity index (χ1n) is 8.75. The molecule has 2 aromatic heterocycles. The number of aromatic nitrogens is 2. The number of urea groups is 1. The van der Waals surface area contributed by atoms with E-state index in [0.29, 0.717) is 11.3 Å². The molecule has 0 radical (unpaired) electrons. The fraction of sp³-hybridized carbons (Fsp3) is 0.556. The molecular weight excluding hydrogens is 352 g/mol. The summed E-state index contributed by atoms with van der Waals surface area (Å²) in [5.41, 5.74) is 0.420. The van der Waals surface area contributed by atoms with Crippen molar-refractivity contribution >= 4 is 33.5 Å². The molecular formula is C18H24N4O3S. The second-order valence-corrected chi connectivity index (χ2v) is 9.05. The maximum absolute atomic E-state index is 12.8. The first kappa shape index (κ1) is 18.6. The summed E-state index contributed by atoms with van der Waals surface area (Å²) in [5.74, 6) is 0.0672. The van der Waals surface area contributed by atoms with Crippen molar-refractivity contribution < 1.29 is 9.59 Å². The van der Waals surface area contributed by atoms with E-state index in [0.717, 1.165) is 29.7 Å². The largest absolute Gasteiger partial charge is 0.333 e. The van der Waals surface area contributed by atoms with Crippen LogP contribution in [0.25, 0.3) is 10.2 Å². The Morgan fingerprint density at radius 3 is 2.81 bits per heavy atom. The fourth-order valence-electron chi connectivity index (χ4n) is 3.17. The van der Waals surface area contributed by atoms with E-state index in [-0.39, 0.29) is 12.1 Å². The van der Waals surface area contributed by atoms with Crippen LogP contribution in [-0.4, -0.2) is 27.0 Å². The molecule has 3 amide bonds. The number of hydrogen-bond acceptors (Lipinski definition) is 5. The lowest BCUT2D eigenvalue weighted by Crippen LogP contribution is -2.49. The van der Waals surface area contributed by atoms with Gasteiger partial charge in [0, 0.05) is 10.4 Å². The number of amides is 3. The Bertz CT molecular complexity index is 923. The molecule has 2 aromatic rings. The monoisotopic (exact) mass is 376 g/mol. The highest BCUT2D eigenvalue weighted by Crippen LogP contribution is 2.35. The molecule has 8 heteroatoms. The van der Waals surface area contributed by atoms with Gasteiger partial charge in [-0.15, -0.1) is 11.3 Å². The van der Waals surface area contributed by atoms with Crippen LogP contribution < -0.4 is 16.2 Å². The Kier molecular flexibility index (Phi) is 4.88. The number of imide groups is 1. The van der Waals surface area contributed by atoms with Gasteiger partial charge in [0.05, 0.1) is 11.7 Å². The van der Waals surface area contributed by atoms with Gasteiger partial charge in [-0.3, -0.25) is 19.5 Å². The Hall–Kier alpha value is -2.22. The standard InChI is InChI=1S/C18H24N4O3S/c1-10-5-6-11-12(7-10)26-15-14(11)16(24)22(9-19-15)8-13(23)20-17(25)21-18(2,3)4/h9-10H,5-8H2,1-4H3,(H2,20,21,23,25). The zero-order chi connectivity index (χ0) is 19.1. The number of aryl methyl sites for hydroxylation is 1. The van der Waals surface area contributed by atoms with Crippen molar-refractivity contribution in [3.05, 3.63) is 27.1 Å². The third-order valence-corrected chi connectivity index (χ3v) is 5.50. The van der Waals surface area contributed by atoms with Gasteiger partial charge >= 0.3 is 6.03 Å². The maximum Gasteiger partial charge on any atom is 0.321 e. The molecule has 26 heavy (non-hydrogen) atoms. The summed E-state index contributed by atoms with van der Waals surface area (Å²) in [4.78, 5) is 43.1. The third kappa shape index (κ3) is 3.95. The number of nitrogens with zero attached hydrogens (tertiary/aromatic N) is 2. The highest BCUT2D eigenvalue weighted by atomic mass is 32.1. The van der Waals surface area contributed by atoms with Crippen molar-refractivity contribution in [2.45, 2.75) is 59.0 Å². The van der Waals surface area contributed by atoms with Gasteiger partial charge in [0.15, 0.2) is 0 Å². The van der Waals surface area contributed by atoms with Crippen LogP contribution in [0.1, 0.15) is 44.6 Å². The summed E-state index contributed by atoms with van der Waals surface area (Å²) in [6, 6.07) is -0.577. The second kappa shape index (κ2) is 6.83. The van der Waals surface area contributed by atoms with Crippen molar-refractivity contribution in [1.29, 1.82) is 0 Å². The fourth-order valence-corrected chi connectivity index (χ4v) is 4.51. The predicted octanol–water partition coefficient (Wildman–Crippen LogP) is 2.21. The highest BCUT2D eigenvalue weighted by Gasteiger charge is 2.23. The van der Waals surface area contributed by atoms with Gasteiger partial charge in [-0.05, 0) is 51.5 Å². The lowest BCUT2D eigenvalue weighted by molar-refractivity contribution is -0.120. The molecule has 1 aliphatic rings. The molecule has 0 saturated carbocycles. The smallest absolute Gasteiger partial charge is 0.321 e. The quantitative estimate of drug-likeness (QED) is 0.840. The number of carbonyl (C=O) groups excluding carboxylic acids is 2. The summed E-state index contributed by atoms with van der Waals surface area (Å²) in [7, 11) is 0. The van der Waals surface area contributed by atoms with E-state index in [1.54, 1.807) is 11.3 Å². The Labute approximate surface area is 155 Å². The minimum absolute atomic E-state index is 0.214. The Morgan fingerprint density at radius 1 is 1.38 bits per heavy atom. The molecule has 2 heterocycles. The van der Waals surface area contributed by atoms with E-state index in [4.69, 9.17) is 0 Å². The minimum Gasteiger partial charge on any atom is -0.333 e. The molecule has 140 valence electrons. The topological polar surface area (TPSA) is 93.1 Å². The maximum atomic E-state index is 12.8. The van der Waals surface area contributed by atoms with Crippen LogP contribution in [0.4, 0.5) is 4.79 Å². The summed E-state index contributed by atoms with van der Waals surface area (Å²) in [5, 5.41) is 5.53. The van der Waals surface area contributed by atoms with Crippen LogP contribution in [0, 0.1) is 5.92 Å². The van der Waals surface area contributed by atoms with Crippen molar-refractivity contribution in [1.82, 2.24) is 20.2 Å². The molecule has 1 unspecified atom stereocenters. The van der Waals surface area contributed by atoms with E-state index in [1.807, 2.05) is 20.8 Å². The normalized spacial score (nSPS) is 17.0. The SMILES string of the molecule is CC1CCc2c(sc3ncn(CC(=O)NC(=O)NC(C)(C)C)c(=O)c23)C1. The van der Waals surface area contributed by atoms with Crippen molar-refractivity contribution in [2.24, 2.45) is 5.92 Å². The zero-order valence-corrected chi connectivity index (χ0v) is 16.3. The molecule has 0 saturated heterocycles. The predicted molar refractivity (Wildman–Crippen MR) is 101 cm³/mol. The molecule has 0 aliphatic heterocycles. The number of fused-ring (bicyclic) bond motifs is 3. The molecule has 1 aliphatic carbocycles. The van der Waals surface area contributed by atoms with Crippen LogP contribution in [0.2, 0.25) is 0 Å². The first-order chi connectivity index (χ1) is 12.1. The van der Waals surface area contributed by atoms with Crippen LogP contribution in [0.3, 0.4) is 0 Å². The molecule has 0 aromatic carbocycles. The van der Waals surface area contributed by atoms with E-state index in [2.05, 4.69) is 22.5 Å². The average molecular weight is 376 g/mol. The van der Waals surface area contributed by atoms with Crippen molar-refractivity contribution in [3.8, 4) is 0 Å². The second-order valence-electron chi connectivity index (χ2n) is 7.96.